The molecule has 1 heterocycles. The molecule has 0 bridgehead atoms. The molecule has 5 nitrogen and oxygen atoms in total. The lowest BCUT2D eigenvalue weighted by atomic mass is 10.2. The molecule has 0 unspecified atom stereocenters. The number of para-hydroxylation sites is 1. The van der Waals surface area contributed by atoms with Gasteiger partial charge in [-0.2, -0.15) is 0 Å². The van der Waals surface area contributed by atoms with Crippen molar-refractivity contribution in [3.05, 3.63) is 29.3 Å². The predicted molar refractivity (Wildman–Crippen MR) is 61.7 cm³/mol. The van der Waals surface area contributed by atoms with Crippen LogP contribution >= 0.6 is 11.6 Å². The van der Waals surface area contributed by atoms with Crippen LogP contribution in [0.3, 0.4) is 0 Å². The fourth-order valence-electron chi connectivity index (χ4n) is 1.56. The van der Waals surface area contributed by atoms with Crippen molar-refractivity contribution in [3.63, 3.8) is 0 Å². The Hall–Kier alpha value is -1.88. The van der Waals surface area contributed by atoms with Gasteiger partial charge >= 0.3 is 6.03 Å². The Labute approximate surface area is 103 Å². The van der Waals surface area contributed by atoms with Crippen LogP contribution in [0.25, 0.3) is 0 Å². The zero-order valence-electron chi connectivity index (χ0n) is 9.01. The second-order valence-electron chi connectivity index (χ2n) is 3.59. The molecule has 1 aliphatic heterocycles. The molecular formula is C11H9ClN2O3. The summed E-state index contributed by atoms with van der Waals surface area (Å²) in [5.41, 5.74) is 0.295. The molecule has 0 radical (unpaired) electrons. The molecule has 1 saturated heterocycles. The highest BCUT2D eigenvalue weighted by Gasteiger charge is 2.37. The van der Waals surface area contributed by atoms with Crippen LogP contribution in [0.2, 0.25) is 5.02 Å². The van der Waals surface area contributed by atoms with E-state index in [-0.39, 0.29) is 11.4 Å². The third kappa shape index (κ3) is 1.89. The quantitative estimate of drug-likeness (QED) is 0.714. The minimum atomic E-state index is -0.681. The van der Waals surface area contributed by atoms with Gasteiger partial charge in [0.15, 0.2) is 0 Å². The van der Waals surface area contributed by atoms with Crippen LogP contribution in [0.5, 0.6) is 0 Å². The number of anilines is 1. The highest BCUT2D eigenvalue weighted by Crippen LogP contribution is 2.28. The van der Waals surface area contributed by atoms with Gasteiger partial charge in [-0.15, -0.1) is 0 Å². The number of urea groups is 1. The summed E-state index contributed by atoms with van der Waals surface area (Å²) in [7, 11) is 1.33. The van der Waals surface area contributed by atoms with Crippen molar-refractivity contribution in [1.82, 2.24) is 4.90 Å². The molecule has 1 fully saturated rings. The number of benzene rings is 1. The van der Waals surface area contributed by atoms with Crippen molar-refractivity contribution < 1.29 is 14.4 Å². The zero-order chi connectivity index (χ0) is 12.6. The van der Waals surface area contributed by atoms with Crippen LogP contribution in [-0.2, 0) is 9.59 Å². The Balaban J connectivity index is 2.45. The van der Waals surface area contributed by atoms with E-state index in [4.69, 9.17) is 11.6 Å². The number of imide groups is 2. The minimum Gasteiger partial charge on any atom is -0.274 e. The summed E-state index contributed by atoms with van der Waals surface area (Å²) >= 11 is 5.92. The number of hydrogen-bond acceptors (Lipinski definition) is 3. The second-order valence-corrected chi connectivity index (χ2v) is 4.00. The molecule has 0 N–H and O–H groups in total. The van der Waals surface area contributed by atoms with Crippen LogP contribution < -0.4 is 4.90 Å². The van der Waals surface area contributed by atoms with Crippen LogP contribution in [0.1, 0.15) is 6.42 Å². The first-order chi connectivity index (χ1) is 8.02. The molecule has 0 spiro atoms. The Morgan fingerprint density at radius 2 is 1.76 bits per heavy atom. The van der Waals surface area contributed by atoms with Crippen LogP contribution in [0.4, 0.5) is 10.5 Å². The number of carbonyl (C=O) groups is 3. The van der Waals surface area contributed by atoms with Crippen molar-refractivity contribution in [3.8, 4) is 0 Å². The lowest BCUT2D eigenvalue weighted by Gasteiger charge is -2.30. The monoisotopic (exact) mass is 252 g/mol. The smallest absolute Gasteiger partial charge is 0.274 e. The van der Waals surface area contributed by atoms with Crippen LogP contribution in [0.15, 0.2) is 24.3 Å². The van der Waals surface area contributed by atoms with Gasteiger partial charge in [0.05, 0.1) is 10.7 Å². The fourth-order valence-corrected chi connectivity index (χ4v) is 1.78. The van der Waals surface area contributed by atoms with Gasteiger partial charge in [0.2, 0.25) is 11.8 Å². The van der Waals surface area contributed by atoms with E-state index in [1.165, 1.54) is 7.05 Å². The molecule has 4 amide bonds. The third-order valence-corrected chi connectivity index (χ3v) is 2.82. The van der Waals surface area contributed by atoms with Gasteiger partial charge in [-0.1, -0.05) is 23.7 Å². The van der Waals surface area contributed by atoms with Crippen LogP contribution in [0, 0.1) is 0 Å². The van der Waals surface area contributed by atoms with E-state index in [1.807, 2.05) is 0 Å². The molecule has 2 rings (SSSR count). The van der Waals surface area contributed by atoms with Crippen molar-refractivity contribution in [1.29, 1.82) is 0 Å². The van der Waals surface area contributed by atoms with Gasteiger partial charge in [-0.3, -0.25) is 14.5 Å². The normalized spacial score (nSPS) is 16.7. The second kappa shape index (κ2) is 4.18. The SMILES string of the molecule is CN1C(=O)CC(=O)N(c2ccccc2Cl)C1=O. The number of carbonyl (C=O) groups excluding carboxylic acids is 3. The van der Waals surface area contributed by atoms with E-state index in [0.29, 0.717) is 5.69 Å². The maximum Gasteiger partial charge on any atom is 0.337 e. The first-order valence-corrected chi connectivity index (χ1v) is 5.28. The van der Waals surface area contributed by atoms with E-state index in [1.54, 1.807) is 24.3 Å². The van der Waals surface area contributed by atoms with Crippen molar-refractivity contribution in [2.24, 2.45) is 0 Å². The molecule has 0 saturated carbocycles. The third-order valence-electron chi connectivity index (χ3n) is 2.50. The summed E-state index contributed by atoms with van der Waals surface area (Å²) in [6, 6.07) is 5.81. The van der Waals surface area contributed by atoms with Gasteiger partial charge in [0, 0.05) is 7.05 Å². The van der Waals surface area contributed by atoms with Crippen molar-refractivity contribution in [2.45, 2.75) is 6.42 Å². The molecular weight excluding hydrogens is 244 g/mol. The fraction of sp³-hybridized carbons (Fsp3) is 0.182. The van der Waals surface area contributed by atoms with E-state index >= 15 is 0 Å². The van der Waals surface area contributed by atoms with Crippen molar-refractivity contribution >= 4 is 35.1 Å². The molecule has 1 aromatic carbocycles. The van der Waals surface area contributed by atoms with Gasteiger partial charge in [0.25, 0.3) is 0 Å². The Morgan fingerprint density at radius 3 is 2.41 bits per heavy atom. The van der Waals surface area contributed by atoms with Crippen molar-refractivity contribution in [2.75, 3.05) is 11.9 Å². The number of hydrogen-bond donors (Lipinski definition) is 0. The standard InChI is InChI=1S/C11H9ClN2O3/c1-13-9(15)6-10(16)14(11(13)17)8-5-3-2-4-7(8)12/h2-5H,6H2,1H3. The Bertz CT molecular complexity index is 515. The molecule has 88 valence electrons. The highest BCUT2D eigenvalue weighted by atomic mass is 35.5. The average molecular weight is 253 g/mol. The molecule has 1 aromatic rings. The van der Waals surface area contributed by atoms with Crippen LogP contribution in [-0.4, -0.2) is 29.8 Å². The number of nitrogens with zero attached hydrogens (tertiary/aromatic N) is 2. The number of halogens is 1. The highest BCUT2D eigenvalue weighted by molar-refractivity contribution is 6.36. The number of rotatable bonds is 1. The minimum absolute atomic E-state index is 0.289. The zero-order valence-corrected chi connectivity index (χ0v) is 9.77. The molecule has 17 heavy (non-hydrogen) atoms. The Kier molecular flexibility index (Phi) is 2.85. The number of amides is 4. The summed E-state index contributed by atoms with van der Waals surface area (Å²) in [5.74, 6) is -1.07. The largest absolute Gasteiger partial charge is 0.337 e. The van der Waals surface area contributed by atoms with Gasteiger partial charge < -0.3 is 0 Å². The summed E-state index contributed by atoms with van der Waals surface area (Å²) in [6.45, 7) is 0. The average Bonchev–Trinajstić information content (AvgIpc) is 2.29. The first-order valence-electron chi connectivity index (χ1n) is 4.90. The Morgan fingerprint density at radius 1 is 1.12 bits per heavy atom. The van der Waals surface area contributed by atoms with E-state index in [9.17, 15) is 14.4 Å². The van der Waals surface area contributed by atoms with Gasteiger partial charge in [-0.25, -0.2) is 9.69 Å². The molecule has 0 aliphatic carbocycles. The molecule has 0 aromatic heterocycles. The lowest BCUT2D eigenvalue weighted by molar-refractivity contribution is -0.133. The number of barbiturate groups is 1. The van der Waals surface area contributed by atoms with Gasteiger partial charge in [-0.05, 0) is 12.1 Å². The van der Waals surface area contributed by atoms with E-state index in [0.717, 1.165) is 9.80 Å². The summed E-state index contributed by atoms with van der Waals surface area (Å²) < 4.78 is 0. The van der Waals surface area contributed by atoms with Gasteiger partial charge in [0.1, 0.15) is 6.42 Å². The molecule has 0 atom stereocenters. The van der Waals surface area contributed by atoms with E-state index in [2.05, 4.69) is 0 Å². The lowest BCUT2D eigenvalue weighted by Crippen LogP contribution is -2.53. The summed E-state index contributed by atoms with van der Waals surface area (Å²) in [6.07, 6.45) is -0.326. The first kappa shape index (κ1) is 11.6. The predicted octanol–water partition coefficient (Wildman–Crippen LogP) is 1.66. The summed E-state index contributed by atoms with van der Waals surface area (Å²) in [5, 5.41) is 0.289. The molecule has 1 aliphatic rings. The molecule has 6 heteroatoms. The maximum absolute atomic E-state index is 11.9. The maximum atomic E-state index is 11.9. The summed E-state index contributed by atoms with van der Waals surface area (Å²) in [4.78, 5) is 36.7. The topological polar surface area (TPSA) is 57.7 Å². The van der Waals surface area contributed by atoms with E-state index < -0.39 is 17.8 Å².